The number of hydrogen-bond donors (Lipinski definition) is 1. The van der Waals surface area contributed by atoms with E-state index in [1.165, 1.54) is 0 Å². The molecule has 0 saturated heterocycles. The van der Waals surface area contributed by atoms with Crippen LogP contribution in [-0.4, -0.2) is 23.4 Å². The number of ketones is 2. The van der Waals surface area contributed by atoms with Gasteiger partial charge in [0.1, 0.15) is 0 Å². The summed E-state index contributed by atoms with van der Waals surface area (Å²) in [5.74, 6) is -1.84. The van der Waals surface area contributed by atoms with Crippen LogP contribution in [0.3, 0.4) is 0 Å². The lowest BCUT2D eigenvalue weighted by Crippen LogP contribution is -2.35. The summed E-state index contributed by atoms with van der Waals surface area (Å²) in [6, 6.07) is 18.1. The van der Waals surface area contributed by atoms with Gasteiger partial charge < -0.3 is 0 Å². The maximum absolute atomic E-state index is 12.9. The van der Waals surface area contributed by atoms with Crippen molar-refractivity contribution in [2.75, 3.05) is 5.75 Å². The molecule has 0 fully saturated rings. The monoisotopic (exact) mass is 362 g/mol. The highest BCUT2D eigenvalue weighted by Crippen LogP contribution is 2.40. The second-order valence-corrected chi connectivity index (χ2v) is 7.00. The summed E-state index contributed by atoms with van der Waals surface area (Å²) in [7, 11) is 0. The molecule has 2 aromatic rings. The van der Waals surface area contributed by atoms with Crippen LogP contribution >= 0.6 is 11.8 Å². The Bertz CT molecular complexity index is 963. The van der Waals surface area contributed by atoms with Crippen molar-refractivity contribution >= 4 is 29.0 Å². The lowest BCUT2D eigenvalue weighted by atomic mass is 9.89. The minimum absolute atomic E-state index is 0.343. The highest BCUT2D eigenvalue weighted by atomic mass is 32.2. The van der Waals surface area contributed by atoms with Crippen molar-refractivity contribution in [1.29, 1.82) is 5.26 Å². The molecule has 2 heterocycles. The highest BCUT2D eigenvalue weighted by molar-refractivity contribution is 7.99. The van der Waals surface area contributed by atoms with Crippen molar-refractivity contribution in [2.45, 2.75) is 11.0 Å². The molecule has 0 spiro atoms. The third-order valence-electron chi connectivity index (χ3n) is 4.45. The van der Waals surface area contributed by atoms with E-state index >= 15 is 0 Å². The summed E-state index contributed by atoms with van der Waals surface area (Å²) in [4.78, 5) is 32.1. The molecule has 2 aromatic carbocycles. The molecule has 2 aliphatic rings. The average molecular weight is 362 g/mol. The standard InChI is InChI=1S/C20H14N2O3S/c21-10-14(18(23)12-6-2-1-3-7-12)19(24)20-15-11-26-16-9-5-4-8-13(16)17(15)22-25-20/h1-9,14,20,22H,11H2. The Morgan fingerprint density at radius 2 is 1.88 bits per heavy atom. The number of nitriles is 1. The van der Waals surface area contributed by atoms with Crippen LogP contribution in [0, 0.1) is 17.2 Å². The highest BCUT2D eigenvalue weighted by Gasteiger charge is 2.41. The molecular weight excluding hydrogens is 348 g/mol. The number of Topliss-reactive ketones (excluding diaryl/α,β-unsaturated/α-hetero) is 2. The number of benzene rings is 2. The lowest BCUT2D eigenvalue weighted by Gasteiger charge is -2.18. The predicted octanol–water partition coefficient (Wildman–Crippen LogP) is 3.00. The molecule has 6 heteroatoms. The average Bonchev–Trinajstić information content (AvgIpc) is 3.13. The number of carbonyl (C=O) groups excluding carboxylic acids is 2. The summed E-state index contributed by atoms with van der Waals surface area (Å²) in [6.45, 7) is 0. The third kappa shape index (κ3) is 2.71. The van der Waals surface area contributed by atoms with Gasteiger partial charge in [0.25, 0.3) is 0 Å². The van der Waals surface area contributed by atoms with Crippen LogP contribution < -0.4 is 5.48 Å². The Labute approximate surface area is 154 Å². The topological polar surface area (TPSA) is 79.2 Å². The van der Waals surface area contributed by atoms with E-state index in [-0.39, 0.29) is 0 Å². The number of carbonyl (C=O) groups is 2. The van der Waals surface area contributed by atoms with Gasteiger partial charge in [-0.25, -0.2) is 0 Å². The molecule has 0 radical (unpaired) electrons. The van der Waals surface area contributed by atoms with Crippen molar-refractivity contribution in [3.05, 3.63) is 71.3 Å². The van der Waals surface area contributed by atoms with Crippen LogP contribution in [0.25, 0.3) is 5.70 Å². The van der Waals surface area contributed by atoms with Crippen LogP contribution in [0.15, 0.2) is 65.1 Å². The summed E-state index contributed by atoms with van der Waals surface area (Å²) < 4.78 is 0. The number of hydrogen-bond acceptors (Lipinski definition) is 6. The van der Waals surface area contributed by atoms with Gasteiger partial charge >= 0.3 is 0 Å². The largest absolute Gasteiger partial charge is 0.294 e. The summed E-state index contributed by atoms with van der Waals surface area (Å²) in [6.07, 6.45) is -0.928. The molecule has 2 unspecified atom stereocenters. The maximum Gasteiger partial charge on any atom is 0.193 e. The number of nitrogens with one attached hydrogen (secondary N) is 1. The fourth-order valence-electron chi connectivity index (χ4n) is 3.12. The normalized spacial score (nSPS) is 19.0. The van der Waals surface area contributed by atoms with Gasteiger partial charge in [-0.1, -0.05) is 48.5 Å². The third-order valence-corrected chi connectivity index (χ3v) is 5.57. The first kappa shape index (κ1) is 16.6. The molecule has 0 saturated carbocycles. The molecule has 2 atom stereocenters. The molecule has 4 rings (SSSR count). The van der Waals surface area contributed by atoms with E-state index in [4.69, 9.17) is 4.84 Å². The Balaban J connectivity index is 1.64. The van der Waals surface area contributed by atoms with E-state index in [2.05, 4.69) is 5.48 Å². The first-order chi connectivity index (χ1) is 12.7. The van der Waals surface area contributed by atoms with E-state index in [1.54, 1.807) is 42.1 Å². The second kappa shape index (κ2) is 6.79. The van der Waals surface area contributed by atoms with Crippen molar-refractivity contribution in [3.63, 3.8) is 0 Å². The van der Waals surface area contributed by atoms with Gasteiger partial charge in [0.05, 0.1) is 11.8 Å². The fraction of sp³-hybridized carbons (Fsp3) is 0.150. The number of nitrogens with zero attached hydrogens (tertiary/aromatic N) is 1. The number of fused-ring (bicyclic) bond motifs is 2. The zero-order valence-corrected chi connectivity index (χ0v) is 14.5. The number of hydroxylamine groups is 1. The van der Waals surface area contributed by atoms with Crippen molar-refractivity contribution in [3.8, 4) is 6.07 Å². The molecule has 1 N–H and O–H groups in total. The zero-order chi connectivity index (χ0) is 18.1. The van der Waals surface area contributed by atoms with E-state index in [0.717, 1.165) is 21.7 Å². The molecular formula is C20H14N2O3S. The summed E-state index contributed by atoms with van der Waals surface area (Å²) in [5, 5.41) is 9.45. The molecule has 26 heavy (non-hydrogen) atoms. The quantitative estimate of drug-likeness (QED) is 0.665. The summed E-state index contributed by atoms with van der Waals surface area (Å²) in [5.41, 5.74) is 5.68. The molecule has 0 bridgehead atoms. The van der Waals surface area contributed by atoms with Gasteiger partial charge in [0.15, 0.2) is 23.6 Å². The lowest BCUT2D eigenvalue weighted by molar-refractivity contribution is -0.130. The predicted molar refractivity (Wildman–Crippen MR) is 97.0 cm³/mol. The Morgan fingerprint density at radius 3 is 2.65 bits per heavy atom. The maximum atomic E-state index is 12.9. The summed E-state index contributed by atoms with van der Waals surface area (Å²) >= 11 is 1.61. The van der Waals surface area contributed by atoms with Gasteiger partial charge in [-0.05, 0) is 6.07 Å². The zero-order valence-electron chi connectivity index (χ0n) is 13.6. The van der Waals surface area contributed by atoms with Crippen LogP contribution in [0.2, 0.25) is 0 Å². The van der Waals surface area contributed by atoms with Gasteiger partial charge in [0.2, 0.25) is 0 Å². The van der Waals surface area contributed by atoms with Gasteiger partial charge in [-0.3, -0.25) is 19.9 Å². The van der Waals surface area contributed by atoms with Crippen molar-refractivity contribution < 1.29 is 14.4 Å². The van der Waals surface area contributed by atoms with Gasteiger partial charge in [-0.15, -0.1) is 11.8 Å². The van der Waals surface area contributed by atoms with E-state index < -0.39 is 23.6 Å². The van der Waals surface area contributed by atoms with E-state index in [1.807, 2.05) is 30.3 Å². The van der Waals surface area contributed by atoms with Crippen LogP contribution in [0.1, 0.15) is 15.9 Å². The minimum atomic E-state index is -1.39. The molecule has 128 valence electrons. The number of thioether (sulfide) groups is 1. The van der Waals surface area contributed by atoms with E-state index in [9.17, 15) is 14.9 Å². The van der Waals surface area contributed by atoms with Crippen LogP contribution in [0.4, 0.5) is 0 Å². The minimum Gasteiger partial charge on any atom is -0.294 e. The first-order valence-electron chi connectivity index (χ1n) is 8.10. The first-order valence-corrected chi connectivity index (χ1v) is 9.09. The second-order valence-electron chi connectivity index (χ2n) is 5.98. The van der Waals surface area contributed by atoms with Crippen molar-refractivity contribution in [2.24, 2.45) is 5.92 Å². The SMILES string of the molecule is N#CC(C(=O)c1ccccc1)C(=O)C1ONC2=C1CSc1ccccc12. The fourth-order valence-corrected chi connectivity index (χ4v) is 4.22. The molecule has 2 aliphatic heterocycles. The smallest absolute Gasteiger partial charge is 0.193 e. The molecule has 0 aliphatic carbocycles. The van der Waals surface area contributed by atoms with Crippen LogP contribution in [0.5, 0.6) is 0 Å². The van der Waals surface area contributed by atoms with Crippen molar-refractivity contribution in [1.82, 2.24) is 5.48 Å². The van der Waals surface area contributed by atoms with Gasteiger partial charge in [0, 0.05) is 27.3 Å². The Morgan fingerprint density at radius 1 is 1.15 bits per heavy atom. The Hall–Kier alpha value is -2.88. The molecule has 0 aromatic heterocycles. The van der Waals surface area contributed by atoms with Gasteiger partial charge in [-0.2, -0.15) is 5.26 Å². The molecule has 5 nitrogen and oxygen atoms in total. The Kier molecular flexibility index (Phi) is 4.33. The molecule has 0 amide bonds. The number of rotatable bonds is 4. The van der Waals surface area contributed by atoms with Crippen LogP contribution in [-0.2, 0) is 9.63 Å². The van der Waals surface area contributed by atoms with E-state index in [0.29, 0.717) is 11.3 Å².